The van der Waals surface area contributed by atoms with Crippen molar-refractivity contribution >= 4 is 51.4 Å². The predicted octanol–water partition coefficient (Wildman–Crippen LogP) is 3.45. The van der Waals surface area contributed by atoms with Crippen LogP contribution in [-0.4, -0.2) is 52.8 Å². The molecule has 0 aliphatic carbocycles. The summed E-state index contributed by atoms with van der Waals surface area (Å²) in [4.78, 5) is 6.55. The molecule has 0 aliphatic heterocycles. The van der Waals surface area contributed by atoms with E-state index in [1.54, 1.807) is 19.2 Å². The Labute approximate surface area is 188 Å². The highest BCUT2D eigenvalue weighted by Crippen LogP contribution is 2.15. The van der Waals surface area contributed by atoms with Crippen LogP contribution in [0.1, 0.15) is 5.56 Å². The first-order chi connectivity index (χ1) is 12.8. The second-order valence-electron chi connectivity index (χ2n) is 6.05. The lowest BCUT2D eigenvalue weighted by Gasteiger charge is -2.22. The molecule has 0 radical (unpaired) electrons. The van der Waals surface area contributed by atoms with E-state index in [1.165, 1.54) is 18.4 Å². The van der Waals surface area contributed by atoms with Crippen LogP contribution in [0, 0.1) is 0 Å². The Bertz CT molecular complexity index is 872. The van der Waals surface area contributed by atoms with Gasteiger partial charge in [-0.1, -0.05) is 23.7 Å². The number of hydrogen-bond donors (Lipinski definition) is 1. The van der Waals surface area contributed by atoms with E-state index < -0.39 is 9.84 Å². The van der Waals surface area contributed by atoms with E-state index in [9.17, 15) is 8.42 Å². The number of nitrogens with one attached hydrogen (secondary N) is 1. The van der Waals surface area contributed by atoms with E-state index >= 15 is 0 Å². The Morgan fingerprint density at radius 3 is 2.29 bits per heavy atom. The smallest absolute Gasteiger partial charge is 0.193 e. The summed E-state index contributed by atoms with van der Waals surface area (Å²) in [5, 5.41) is 3.95. The highest BCUT2D eigenvalue weighted by atomic mass is 127. The average molecular weight is 538 g/mol. The maximum absolute atomic E-state index is 11.4. The van der Waals surface area contributed by atoms with E-state index in [4.69, 9.17) is 16.3 Å². The largest absolute Gasteiger partial charge is 0.492 e. The van der Waals surface area contributed by atoms with Gasteiger partial charge in [-0.2, -0.15) is 0 Å². The number of guanidine groups is 1. The SMILES string of the molecule is CN=C(NCCOc1ccc(S(C)(=O)=O)cc1)N(C)Cc1ccc(Cl)cc1.I. The van der Waals surface area contributed by atoms with Gasteiger partial charge >= 0.3 is 0 Å². The van der Waals surface area contributed by atoms with E-state index in [0.29, 0.717) is 30.5 Å². The van der Waals surface area contributed by atoms with Crippen molar-refractivity contribution in [2.45, 2.75) is 11.4 Å². The number of nitrogens with zero attached hydrogens (tertiary/aromatic N) is 2. The van der Waals surface area contributed by atoms with Crippen molar-refractivity contribution in [2.75, 3.05) is 33.5 Å². The van der Waals surface area contributed by atoms with Crippen molar-refractivity contribution in [3.05, 3.63) is 59.1 Å². The third-order valence-electron chi connectivity index (χ3n) is 3.81. The Morgan fingerprint density at radius 1 is 1.14 bits per heavy atom. The topological polar surface area (TPSA) is 71.0 Å². The summed E-state index contributed by atoms with van der Waals surface area (Å²) in [5.74, 6) is 1.37. The zero-order chi connectivity index (χ0) is 19.9. The van der Waals surface area contributed by atoms with E-state index in [1.807, 2.05) is 36.2 Å². The Kier molecular flexibility index (Phi) is 10.0. The standard InChI is InChI=1S/C19H24ClN3O3S.HI/c1-21-19(23(2)14-15-4-6-16(20)7-5-15)22-12-13-26-17-8-10-18(11-9-17)27(3,24)25;/h4-11H,12-14H2,1-3H3,(H,21,22);1H. The molecule has 0 fully saturated rings. The number of sulfone groups is 1. The summed E-state index contributed by atoms with van der Waals surface area (Å²) in [5.41, 5.74) is 1.13. The molecule has 9 heteroatoms. The molecule has 0 saturated carbocycles. The molecule has 0 bridgehead atoms. The maximum Gasteiger partial charge on any atom is 0.193 e. The number of hydrogen-bond acceptors (Lipinski definition) is 4. The van der Waals surface area contributed by atoms with Gasteiger partial charge in [-0.05, 0) is 42.0 Å². The van der Waals surface area contributed by atoms with Gasteiger partial charge in [-0.3, -0.25) is 4.99 Å². The lowest BCUT2D eigenvalue weighted by atomic mass is 10.2. The van der Waals surface area contributed by atoms with E-state index in [-0.39, 0.29) is 28.9 Å². The molecule has 0 heterocycles. The molecule has 0 unspecified atom stereocenters. The van der Waals surface area contributed by atoms with Crippen molar-refractivity contribution in [1.82, 2.24) is 10.2 Å². The first-order valence-corrected chi connectivity index (χ1v) is 10.7. The van der Waals surface area contributed by atoms with Crippen LogP contribution in [0.4, 0.5) is 0 Å². The normalized spacial score (nSPS) is 11.5. The highest BCUT2D eigenvalue weighted by molar-refractivity contribution is 14.0. The van der Waals surface area contributed by atoms with Crippen LogP contribution >= 0.6 is 35.6 Å². The second kappa shape index (κ2) is 11.5. The minimum absolute atomic E-state index is 0. The molecule has 0 spiro atoms. The van der Waals surface area contributed by atoms with Gasteiger partial charge in [0.15, 0.2) is 15.8 Å². The van der Waals surface area contributed by atoms with Gasteiger partial charge in [-0.25, -0.2) is 8.42 Å². The Balaban J connectivity index is 0.00000392. The van der Waals surface area contributed by atoms with Gasteiger partial charge in [0.05, 0.1) is 11.4 Å². The lowest BCUT2D eigenvalue weighted by Crippen LogP contribution is -2.40. The number of ether oxygens (including phenoxy) is 1. The number of rotatable bonds is 7. The van der Waals surface area contributed by atoms with Crippen LogP contribution in [0.3, 0.4) is 0 Å². The molecule has 2 aromatic carbocycles. The number of halogens is 2. The average Bonchev–Trinajstić information content (AvgIpc) is 2.63. The molecule has 1 N–H and O–H groups in total. The summed E-state index contributed by atoms with van der Waals surface area (Å²) in [6.07, 6.45) is 1.18. The third-order valence-corrected chi connectivity index (χ3v) is 5.19. The van der Waals surface area contributed by atoms with Crippen LogP contribution in [0.2, 0.25) is 5.02 Å². The Hall–Kier alpha value is -1.52. The van der Waals surface area contributed by atoms with Crippen LogP contribution in [0.25, 0.3) is 0 Å². The molecule has 0 amide bonds. The predicted molar refractivity (Wildman–Crippen MR) is 125 cm³/mol. The summed E-state index contributed by atoms with van der Waals surface area (Å²) in [7, 11) is 0.487. The van der Waals surface area contributed by atoms with Crippen LogP contribution < -0.4 is 10.1 Å². The molecule has 0 atom stereocenters. The van der Waals surface area contributed by atoms with Crippen molar-refractivity contribution in [3.8, 4) is 5.75 Å². The van der Waals surface area contributed by atoms with Gasteiger partial charge in [0.25, 0.3) is 0 Å². The molecule has 2 aromatic rings. The first kappa shape index (κ1) is 24.5. The van der Waals surface area contributed by atoms with Gasteiger partial charge in [-0.15, -0.1) is 24.0 Å². The summed E-state index contributed by atoms with van der Waals surface area (Å²) < 4.78 is 28.5. The quantitative estimate of drug-likeness (QED) is 0.254. The van der Waals surface area contributed by atoms with Gasteiger partial charge in [0, 0.05) is 31.9 Å². The summed E-state index contributed by atoms with van der Waals surface area (Å²) in [6, 6.07) is 14.1. The van der Waals surface area contributed by atoms with Crippen LogP contribution in [-0.2, 0) is 16.4 Å². The highest BCUT2D eigenvalue weighted by Gasteiger charge is 2.08. The molecule has 2 rings (SSSR count). The fourth-order valence-electron chi connectivity index (χ4n) is 2.44. The van der Waals surface area contributed by atoms with Gasteiger partial charge in [0.2, 0.25) is 0 Å². The molecule has 6 nitrogen and oxygen atoms in total. The zero-order valence-electron chi connectivity index (χ0n) is 16.1. The summed E-state index contributed by atoms with van der Waals surface area (Å²) >= 11 is 5.91. The molecule has 154 valence electrons. The molecule has 28 heavy (non-hydrogen) atoms. The summed E-state index contributed by atoms with van der Waals surface area (Å²) in [6.45, 7) is 1.68. The molecule has 0 aliphatic rings. The van der Waals surface area contributed by atoms with E-state index in [0.717, 1.165) is 11.5 Å². The van der Waals surface area contributed by atoms with Gasteiger partial charge < -0.3 is 15.0 Å². The fraction of sp³-hybridized carbons (Fsp3) is 0.316. The zero-order valence-corrected chi connectivity index (χ0v) is 20.0. The molecular formula is C19H25ClIN3O3S. The van der Waals surface area contributed by atoms with Crippen molar-refractivity contribution < 1.29 is 13.2 Å². The minimum atomic E-state index is -3.19. The molecule has 0 aromatic heterocycles. The maximum atomic E-state index is 11.4. The van der Waals surface area contributed by atoms with Crippen molar-refractivity contribution in [2.24, 2.45) is 4.99 Å². The first-order valence-electron chi connectivity index (χ1n) is 8.39. The van der Waals surface area contributed by atoms with Gasteiger partial charge in [0.1, 0.15) is 12.4 Å². The number of aliphatic imine (C=N–C) groups is 1. The number of benzene rings is 2. The van der Waals surface area contributed by atoms with E-state index in [2.05, 4.69) is 10.3 Å². The van der Waals surface area contributed by atoms with Crippen LogP contribution in [0.5, 0.6) is 5.75 Å². The molecular weight excluding hydrogens is 513 g/mol. The second-order valence-corrected chi connectivity index (χ2v) is 8.50. The molecule has 0 saturated heterocycles. The van der Waals surface area contributed by atoms with Crippen molar-refractivity contribution in [1.29, 1.82) is 0 Å². The van der Waals surface area contributed by atoms with Crippen LogP contribution in [0.15, 0.2) is 58.4 Å². The van der Waals surface area contributed by atoms with Crippen molar-refractivity contribution in [3.63, 3.8) is 0 Å². The lowest BCUT2D eigenvalue weighted by molar-refractivity contribution is 0.319. The third kappa shape index (κ3) is 7.84. The monoisotopic (exact) mass is 537 g/mol. The Morgan fingerprint density at radius 2 is 1.75 bits per heavy atom. The fourth-order valence-corrected chi connectivity index (χ4v) is 3.19. The minimum Gasteiger partial charge on any atom is -0.492 e.